The van der Waals surface area contributed by atoms with Crippen LogP contribution in [0.15, 0.2) is 12.2 Å². The van der Waals surface area contributed by atoms with E-state index >= 15 is 0 Å². The van der Waals surface area contributed by atoms with Gasteiger partial charge in [0.05, 0.1) is 0 Å². The minimum atomic E-state index is 0.271. The number of fused-ring (bicyclic) bond motifs is 2. The van der Waals surface area contributed by atoms with E-state index in [-0.39, 0.29) is 5.91 Å². The van der Waals surface area contributed by atoms with Crippen molar-refractivity contribution < 1.29 is 4.79 Å². The lowest BCUT2D eigenvalue weighted by atomic mass is 9.68. The van der Waals surface area contributed by atoms with Crippen LogP contribution < -0.4 is 0 Å². The largest absolute Gasteiger partial charge is 0.335 e. The molecule has 4 aliphatic heterocycles. The summed E-state index contributed by atoms with van der Waals surface area (Å²) in [5.74, 6) is 1.76. The maximum Gasteiger partial charge on any atom is 0.246 e. The second-order valence-electron chi connectivity index (χ2n) is 6.43. The molecule has 0 aromatic carbocycles. The molecule has 3 saturated heterocycles. The Morgan fingerprint density at radius 3 is 2.89 bits per heavy atom. The predicted molar refractivity (Wildman–Crippen MR) is 70.1 cm³/mol. The molecular weight excluding hydrogens is 224 g/mol. The van der Waals surface area contributed by atoms with Crippen LogP contribution in [0.3, 0.4) is 0 Å². The molecule has 0 aromatic heterocycles. The van der Waals surface area contributed by atoms with Crippen LogP contribution in [0.2, 0.25) is 0 Å². The van der Waals surface area contributed by atoms with Crippen LogP contribution >= 0.6 is 0 Å². The number of hydrogen-bond donors (Lipinski definition) is 0. The van der Waals surface area contributed by atoms with Gasteiger partial charge in [-0.1, -0.05) is 6.08 Å². The first-order chi connectivity index (χ1) is 8.84. The van der Waals surface area contributed by atoms with Gasteiger partial charge in [0.1, 0.15) is 0 Å². The Labute approximate surface area is 109 Å². The summed E-state index contributed by atoms with van der Waals surface area (Å²) < 4.78 is 0. The first-order valence-corrected chi connectivity index (χ1v) is 7.56. The molecule has 4 aliphatic rings. The lowest BCUT2D eigenvalue weighted by molar-refractivity contribution is -0.141. The maximum atomic E-state index is 12.1. The SMILES string of the molecule is O=C1C=CC[C@@H]2[C@@H]3CCCN4CCC[C@H](CN12)[C@@H]34. The van der Waals surface area contributed by atoms with Crippen LogP contribution in [0, 0.1) is 11.8 Å². The third-order valence-electron chi connectivity index (χ3n) is 5.59. The molecule has 3 heteroatoms. The van der Waals surface area contributed by atoms with Crippen molar-refractivity contribution in [2.75, 3.05) is 19.6 Å². The van der Waals surface area contributed by atoms with Gasteiger partial charge in [-0.25, -0.2) is 0 Å². The Bertz CT molecular complexity index is 390. The summed E-state index contributed by atoms with van der Waals surface area (Å²) >= 11 is 0. The summed E-state index contributed by atoms with van der Waals surface area (Å²) in [6.07, 6.45) is 10.3. The Morgan fingerprint density at radius 2 is 2.00 bits per heavy atom. The molecule has 0 bridgehead atoms. The molecule has 3 fully saturated rings. The smallest absolute Gasteiger partial charge is 0.246 e. The molecule has 18 heavy (non-hydrogen) atoms. The summed E-state index contributed by atoms with van der Waals surface area (Å²) in [7, 11) is 0. The van der Waals surface area contributed by atoms with Crippen LogP contribution in [-0.2, 0) is 4.79 Å². The molecule has 4 heterocycles. The fourth-order valence-corrected chi connectivity index (χ4v) is 4.95. The fraction of sp³-hybridized carbons (Fsp3) is 0.800. The fourth-order valence-electron chi connectivity index (χ4n) is 4.95. The van der Waals surface area contributed by atoms with E-state index in [9.17, 15) is 4.79 Å². The second-order valence-corrected chi connectivity index (χ2v) is 6.43. The van der Waals surface area contributed by atoms with E-state index in [1.54, 1.807) is 6.08 Å². The molecule has 1 amide bonds. The molecule has 4 atom stereocenters. The zero-order valence-corrected chi connectivity index (χ0v) is 10.9. The summed E-state index contributed by atoms with van der Waals surface area (Å²) in [6, 6.07) is 1.29. The highest BCUT2D eigenvalue weighted by atomic mass is 16.2. The van der Waals surface area contributed by atoms with Gasteiger partial charge in [0.25, 0.3) is 0 Å². The number of nitrogens with zero attached hydrogens (tertiary/aromatic N) is 2. The van der Waals surface area contributed by atoms with Crippen molar-refractivity contribution in [1.29, 1.82) is 0 Å². The molecule has 0 N–H and O–H groups in total. The van der Waals surface area contributed by atoms with E-state index in [0.717, 1.165) is 30.8 Å². The van der Waals surface area contributed by atoms with Gasteiger partial charge in [0, 0.05) is 18.6 Å². The van der Waals surface area contributed by atoms with Crippen LogP contribution in [0.5, 0.6) is 0 Å². The van der Waals surface area contributed by atoms with E-state index in [2.05, 4.69) is 15.9 Å². The van der Waals surface area contributed by atoms with Crippen molar-refractivity contribution in [2.45, 2.75) is 44.2 Å². The number of amides is 1. The summed E-state index contributed by atoms with van der Waals surface area (Å²) in [4.78, 5) is 17.0. The molecule has 0 saturated carbocycles. The van der Waals surface area contributed by atoms with Gasteiger partial charge in [-0.3, -0.25) is 9.69 Å². The first kappa shape index (κ1) is 11.0. The molecule has 98 valence electrons. The van der Waals surface area contributed by atoms with Crippen molar-refractivity contribution in [3.8, 4) is 0 Å². The third kappa shape index (κ3) is 1.49. The van der Waals surface area contributed by atoms with Gasteiger partial charge in [-0.2, -0.15) is 0 Å². The quantitative estimate of drug-likeness (QED) is 0.649. The van der Waals surface area contributed by atoms with Gasteiger partial charge in [-0.05, 0) is 63.1 Å². The second kappa shape index (κ2) is 4.09. The Hall–Kier alpha value is -0.830. The highest BCUT2D eigenvalue weighted by molar-refractivity contribution is 5.88. The summed E-state index contributed by atoms with van der Waals surface area (Å²) in [5, 5.41) is 0. The molecule has 4 rings (SSSR count). The van der Waals surface area contributed by atoms with Crippen molar-refractivity contribution in [3.05, 3.63) is 12.2 Å². The highest BCUT2D eigenvalue weighted by Gasteiger charge is 2.49. The van der Waals surface area contributed by atoms with Gasteiger partial charge in [0.2, 0.25) is 5.91 Å². The monoisotopic (exact) mass is 246 g/mol. The topological polar surface area (TPSA) is 23.6 Å². The van der Waals surface area contributed by atoms with Gasteiger partial charge < -0.3 is 4.90 Å². The third-order valence-corrected chi connectivity index (χ3v) is 5.59. The van der Waals surface area contributed by atoms with E-state index < -0.39 is 0 Å². The van der Waals surface area contributed by atoms with E-state index in [1.165, 1.54) is 38.8 Å². The Balaban J connectivity index is 1.68. The zero-order chi connectivity index (χ0) is 12.1. The van der Waals surface area contributed by atoms with Crippen molar-refractivity contribution in [3.63, 3.8) is 0 Å². The molecule has 3 nitrogen and oxygen atoms in total. The number of piperidine rings is 3. The normalized spacial score (nSPS) is 43.6. The van der Waals surface area contributed by atoms with Crippen LogP contribution in [0.25, 0.3) is 0 Å². The Morgan fingerprint density at radius 1 is 1.17 bits per heavy atom. The van der Waals surface area contributed by atoms with Crippen molar-refractivity contribution >= 4 is 5.91 Å². The van der Waals surface area contributed by atoms with Crippen LogP contribution in [-0.4, -0.2) is 47.4 Å². The number of carbonyl (C=O) groups is 1. The first-order valence-electron chi connectivity index (χ1n) is 7.56. The number of hydrogen-bond acceptors (Lipinski definition) is 2. The van der Waals surface area contributed by atoms with Crippen LogP contribution in [0.4, 0.5) is 0 Å². The molecule has 0 unspecified atom stereocenters. The molecular formula is C15H22N2O. The van der Waals surface area contributed by atoms with Crippen molar-refractivity contribution in [2.24, 2.45) is 11.8 Å². The average molecular weight is 246 g/mol. The molecule has 0 aromatic rings. The minimum absolute atomic E-state index is 0.271. The average Bonchev–Trinajstić information content (AvgIpc) is 2.41. The lowest BCUT2D eigenvalue weighted by Gasteiger charge is -2.57. The minimum Gasteiger partial charge on any atom is -0.335 e. The molecule has 0 aliphatic carbocycles. The van der Waals surface area contributed by atoms with Gasteiger partial charge in [-0.15, -0.1) is 0 Å². The number of rotatable bonds is 0. The lowest BCUT2D eigenvalue weighted by Crippen LogP contribution is -2.65. The number of carbonyl (C=O) groups excluding carboxylic acids is 1. The van der Waals surface area contributed by atoms with E-state index in [1.807, 2.05) is 0 Å². The Kier molecular flexibility index (Phi) is 2.51. The van der Waals surface area contributed by atoms with E-state index in [4.69, 9.17) is 0 Å². The highest BCUT2D eigenvalue weighted by Crippen LogP contribution is 2.43. The predicted octanol–water partition coefficient (Wildman–Crippen LogP) is 1.65. The van der Waals surface area contributed by atoms with E-state index in [0.29, 0.717) is 6.04 Å². The van der Waals surface area contributed by atoms with Crippen molar-refractivity contribution in [1.82, 2.24) is 9.80 Å². The van der Waals surface area contributed by atoms with Crippen LogP contribution in [0.1, 0.15) is 32.1 Å². The molecule has 0 radical (unpaired) electrons. The van der Waals surface area contributed by atoms with Gasteiger partial charge >= 0.3 is 0 Å². The maximum absolute atomic E-state index is 12.1. The van der Waals surface area contributed by atoms with Gasteiger partial charge in [0.15, 0.2) is 0 Å². The summed E-state index contributed by atoms with van der Waals surface area (Å²) in [5.41, 5.74) is 0. The standard InChI is InChI=1S/C15H22N2O/c18-14-7-1-6-13-12-5-3-9-16-8-2-4-11(15(12)16)10-17(13)14/h1,7,11-13,15H,2-6,8-10H2/t11-,12+,13-,15+/m1/s1. The molecule has 0 spiro atoms. The zero-order valence-electron chi connectivity index (χ0n) is 10.9. The summed E-state index contributed by atoms with van der Waals surface area (Å²) in [6.45, 7) is 3.62.